The first kappa shape index (κ1) is 19.3. The number of fused-ring (bicyclic) bond motifs is 2. The number of aromatic nitrogens is 2. The van der Waals surface area contributed by atoms with Crippen molar-refractivity contribution in [2.24, 2.45) is 0 Å². The number of nitrogens with zero attached hydrogens (tertiary/aromatic N) is 3. The number of amides is 1. The van der Waals surface area contributed by atoms with Crippen LogP contribution in [-0.4, -0.2) is 36.9 Å². The first-order valence-electron chi connectivity index (χ1n) is 9.43. The summed E-state index contributed by atoms with van der Waals surface area (Å²) in [4.78, 5) is 26.9. The van der Waals surface area contributed by atoms with E-state index >= 15 is 0 Å². The van der Waals surface area contributed by atoms with Crippen LogP contribution >= 0.6 is 0 Å². The highest BCUT2D eigenvalue weighted by atomic mass is 32.2. The molecule has 0 bridgehead atoms. The number of aryl methyl sites for hydroxylation is 2. The third kappa shape index (κ3) is 3.80. The van der Waals surface area contributed by atoms with Crippen LogP contribution in [0.4, 0.5) is 5.69 Å². The molecule has 0 N–H and O–H groups in total. The number of sulfone groups is 1. The van der Waals surface area contributed by atoms with Gasteiger partial charge >= 0.3 is 0 Å². The molecular weight excluding hydrogens is 390 g/mol. The summed E-state index contributed by atoms with van der Waals surface area (Å²) in [6.07, 6.45) is 4.21. The average molecular weight is 411 g/mol. The van der Waals surface area contributed by atoms with Crippen LogP contribution in [-0.2, 0) is 27.6 Å². The fourth-order valence-electron chi connectivity index (χ4n) is 3.74. The number of benzene rings is 2. The molecule has 0 saturated carbocycles. The third-order valence-corrected chi connectivity index (χ3v) is 6.31. The molecular formula is C21H21N3O4S. The number of carbonyl (C=O) groups excluding carboxylic acids is 1. The molecule has 2 heterocycles. The number of rotatable bonds is 4. The van der Waals surface area contributed by atoms with Gasteiger partial charge in [-0.15, -0.1) is 0 Å². The molecule has 0 unspecified atom stereocenters. The highest BCUT2D eigenvalue weighted by Crippen LogP contribution is 2.30. The fraction of sp³-hybridized carbons (Fsp3) is 0.286. The van der Waals surface area contributed by atoms with E-state index in [-0.39, 0.29) is 22.7 Å². The summed E-state index contributed by atoms with van der Waals surface area (Å²) in [5.74, 6) is -0.0531. The van der Waals surface area contributed by atoms with Gasteiger partial charge in [0, 0.05) is 30.3 Å². The summed E-state index contributed by atoms with van der Waals surface area (Å²) in [7, 11) is -3.29. The molecule has 29 heavy (non-hydrogen) atoms. The van der Waals surface area contributed by atoms with Crippen LogP contribution in [0.5, 0.6) is 0 Å². The maximum atomic E-state index is 12.9. The predicted octanol–water partition coefficient (Wildman–Crippen LogP) is 2.17. The molecule has 1 amide bonds. The van der Waals surface area contributed by atoms with Gasteiger partial charge in [-0.2, -0.15) is 5.10 Å². The molecule has 3 aromatic rings. The zero-order chi connectivity index (χ0) is 20.6. The quantitative estimate of drug-likeness (QED) is 0.656. The summed E-state index contributed by atoms with van der Waals surface area (Å²) in [6, 6.07) is 12.1. The maximum absolute atomic E-state index is 12.9. The van der Waals surface area contributed by atoms with Gasteiger partial charge in [0.05, 0.1) is 23.2 Å². The third-order valence-electron chi connectivity index (χ3n) is 5.20. The molecule has 8 heteroatoms. The predicted molar refractivity (Wildman–Crippen MR) is 111 cm³/mol. The second-order valence-electron chi connectivity index (χ2n) is 7.21. The Hall–Kier alpha value is -3.00. The molecule has 0 aliphatic carbocycles. The van der Waals surface area contributed by atoms with Gasteiger partial charge in [-0.1, -0.05) is 12.1 Å². The van der Waals surface area contributed by atoms with Crippen LogP contribution in [0.2, 0.25) is 0 Å². The lowest BCUT2D eigenvalue weighted by Gasteiger charge is -2.30. The number of hydrogen-bond donors (Lipinski definition) is 0. The first-order chi connectivity index (χ1) is 13.8. The fourth-order valence-corrected chi connectivity index (χ4v) is 4.41. The second kappa shape index (κ2) is 7.44. The summed E-state index contributed by atoms with van der Waals surface area (Å²) in [5.41, 5.74) is 2.20. The molecule has 7 nitrogen and oxygen atoms in total. The molecule has 2 aromatic carbocycles. The van der Waals surface area contributed by atoms with E-state index in [2.05, 4.69) is 5.10 Å². The van der Waals surface area contributed by atoms with Gasteiger partial charge in [0.25, 0.3) is 0 Å². The molecule has 0 fully saturated rings. The Kier molecular flexibility index (Phi) is 4.96. The van der Waals surface area contributed by atoms with Crippen molar-refractivity contribution >= 4 is 32.3 Å². The Morgan fingerprint density at radius 3 is 2.76 bits per heavy atom. The van der Waals surface area contributed by atoms with Crippen LogP contribution < -0.4 is 10.3 Å². The molecule has 150 valence electrons. The smallest absolute Gasteiger partial charge is 0.228 e. The van der Waals surface area contributed by atoms with E-state index in [4.69, 9.17) is 0 Å². The molecule has 1 aliphatic heterocycles. The van der Waals surface area contributed by atoms with Gasteiger partial charge in [0.2, 0.25) is 11.3 Å². The topological polar surface area (TPSA) is 89.3 Å². The molecule has 0 saturated heterocycles. The van der Waals surface area contributed by atoms with Gasteiger partial charge in [0.15, 0.2) is 9.84 Å². The van der Waals surface area contributed by atoms with Crippen molar-refractivity contribution < 1.29 is 13.2 Å². The van der Waals surface area contributed by atoms with Gasteiger partial charge < -0.3 is 4.90 Å². The number of carbonyl (C=O) groups is 1. The van der Waals surface area contributed by atoms with E-state index in [0.29, 0.717) is 24.0 Å². The number of para-hydroxylation sites is 1. The molecule has 1 aliphatic rings. The van der Waals surface area contributed by atoms with Crippen molar-refractivity contribution in [2.75, 3.05) is 17.7 Å². The van der Waals surface area contributed by atoms with E-state index in [1.165, 1.54) is 12.5 Å². The summed E-state index contributed by atoms with van der Waals surface area (Å²) >= 11 is 0. The Morgan fingerprint density at radius 1 is 1.17 bits per heavy atom. The number of anilines is 1. The van der Waals surface area contributed by atoms with E-state index < -0.39 is 9.84 Å². The van der Waals surface area contributed by atoms with Gasteiger partial charge in [0.1, 0.15) is 0 Å². The second-order valence-corrected chi connectivity index (χ2v) is 9.23. The van der Waals surface area contributed by atoms with Crippen molar-refractivity contribution in [2.45, 2.75) is 30.7 Å². The van der Waals surface area contributed by atoms with E-state index in [0.717, 1.165) is 24.1 Å². The Morgan fingerprint density at radius 2 is 1.97 bits per heavy atom. The van der Waals surface area contributed by atoms with Crippen LogP contribution in [0.3, 0.4) is 0 Å². The highest BCUT2D eigenvalue weighted by Gasteiger charge is 2.24. The lowest BCUT2D eigenvalue weighted by Crippen LogP contribution is -2.36. The Labute approximate surface area is 168 Å². The summed E-state index contributed by atoms with van der Waals surface area (Å²) < 4.78 is 25.3. The van der Waals surface area contributed by atoms with Gasteiger partial charge in [-0.25, -0.2) is 8.42 Å². The first-order valence-corrected chi connectivity index (χ1v) is 11.3. The molecule has 1 aromatic heterocycles. The van der Waals surface area contributed by atoms with Crippen molar-refractivity contribution in [3.05, 3.63) is 64.4 Å². The lowest BCUT2D eigenvalue weighted by molar-refractivity contribution is -0.118. The van der Waals surface area contributed by atoms with Crippen molar-refractivity contribution in [1.82, 2.24) is 9.78 Å². The minimum absolute atomic E-state index is 0.0531. The Balaban J connectivity index is 1.57. The molecule has 0 spiro atoms. The minimum atomic E-state index is -3.29. The van der Waals surface area contributed by atoms with Crippen LogP contribution in [0.15, 0.2) is 58.4 Å². The van der Waals surface area contributed by atoms with Crippen molar-refractivity contribution in [3.8, 4) is 0 Å². The zero-order valence-electron chi connectivity index (χ0n) is 16.0. The maximum Gasteiger partial charge on any atom is 0.228 e. The Bertz CT molecular complexity index is 1260. The standard InChI is InChI=1S/C21H21N3O4S/c1-29(27,28)16-8-9-18-15(13-16)5-4-11-23(18)21(26)10-12-24-19-7-3-2-6-17(19)20(25)14-22-24/h2-3,6-9,13-14H,4-5,10-12H2,1H3. The van der Waals surface area contributed by atoms with Crippen LogP contribution in [0, 0.1) is 0 Å². The van der Waals surface area contributed by atoms with E-state index in [1.54, 1.807) is 39.9 Å². The lowest BCUT2D eigenvalue weighted by atomic mass is 10.0. The molecule has 0 radical (unpaired) electrons. The summed E-state index contributed by atoms with van der Waals surface area (Å²) in [5, 5.41) is 4.75. The highest BCUT2D eigenvalue weighted by molar-refractivity contribution is 7.90. The summed E-state index contributed by atoms with van der Waals surface area (Å²) in [6.45, 7) is 0.954. The van der Waals surface area contributed by atoms with E-state index in [9.17, 15) is 18.0 Å². The van der Waals surface area contributed by atoms with Crippen molar-refractivity contribution in [1.29, 1.82) is 0 Å². The van der Waals surface area contributed by atoms with Gasteiger partial charge in [-0.05, 0) is 48.7 Å². The van der Waals surface area contributed by atoms with Crippen LogP contribution in [0.25, 0.3) is 10.9 Å². The van der Waals surface area contributed by atoms with Crippen molar-refractivity contribution in [3.63, 3.8) is 0 Å². The zero-order valence-corrected chi connectivity index (χ0v) is 16.9. The van der Waals surface area contributed by atoms with E-state index in [1.807, 2.05) is 12.1 Å². The molecule has 4 rings (SSSR count). The van der Waals surface area contributed by atoms with Gasteiger partial charge in [-0.3, -0.25) is 14.3 Å². The normalized spacial score (nSPS) is 14.0. The average Bonchev–Trinajstić information content (AvgIpc) is 2.72. The van der Waals surface area contributed by atoms with Crippen LogP contribution in [0.1, 0.15) is 18.4 Å². The largest absolute Gasteiger partial charge is 0.312 e. The molecule has 0 atom stereocenters. The minimum Gasteiger partial charge on any atom is -0.312 e. The number of hydrogen-bond acceptors (Lipinski definition) is 5. The monoisotopic (exact) mass is 411 g/mol. The SMILES string of the molecule is CS(=O)(=O)c1ccc2c(c1)CCCN2C(=O)CCn1ncc(=O)c2ccccc21.